The van der Waals surface area contributed by atoms with Crippen LogP contribution in [-0.2, 0) is 34.6 Å². The smallest absolute Gasteiger partial charge is 0.339 e. The molecule has 0 radical (unpaired) electrons. The van der Waals surface area contributed by atoms with Gasteiger partial charge in [-0.05, 0) is 60.2 Å². The number of benzene rings is 2. The van der Waals surface area contributed by atoms with Crippen molar-refractivity contribution in [1.29, 1.82) is 0 Å². The van der Waals surface area contributed by atoms with Gasteiger partial charge in [0.25, 0.3) is 0 Å². The topological polar surface area (TPSA) is 122 Å². The predicted octanol–water partition coefficient (Wildman–Crippen LogP) is 4.80. The number of rotatable bonds is 8. The molecule has 0 amide bonds. The summed E-state index contributed by atoms with van der Waals surface area (Å²) >= 11 is 0. The molecule has 1 aliphatic carbocycles. The number of aromatic hydroxyl groups is 1. The van der Waals surface area contributed by atoms with Crippen LogP contribution in [-0.4, -0.2) is 49.5 Å². The standard InChI is InChI=1S/C35H29N3O6/c39-25-8-11-30-32(17-25)43-33-18-26(40)9-12-31(33)35(30)29-10-7-22(16-28(29)34(42)44-35)15-27(41)21-38(19-23-5-1-3-13-36-23)20-24-6-2-4-14-37-24/h1-14,16-18,30,32,39-40H,15,19-21H2. The second kappa shape index (κ2) is 11.1. The highest BCUT2D eigenvalue weighted by atomic mass is 16.6. The minimum absolute atomic E-state index is 0.00967. The first-order valence-electron chi connectivity index (χ1n) is 14.4. The summed E-state index contributed by atoms with van der Waals surface area (Å²) in [5.74, 6) is -0.556. The third-order valence-corrected chi connectivity index (χ3v) is 8.24. The van der Waals surface area contributed by atoms with Crippen molar-refractivity contribution in [3.63, 3.8) is 0 Å². The zero-order valence-electron chi connectivity index (χ0n) is 23.7. The maximum Gasteiger partial charge on any atom is 0.339 e. The largest absolute Gasteiger partial charge is 0.508 e. The number of carbonyl (C=O) groups excluding carboxylic acids is 2. The SMILES string of the molecule is O=C(Cc1ccc2c(c1)C(=O)OC21c2ccc(O)cc2OC2C=C(O)C=CC21)CN(Cc1ccccn1)Cc1ccccn1. The summed E-state index contributed by atoms with van der Waals surface area (Å²) in [4.78, 5) is 37.7. The highest BCUT2D eigenvalue weighted by molar-refractivity contribution is 5.96. The van der Waals surface area contributed by atoms with Gasteiger partial charge in [0, 0.05) is 49.1 Å². The zero-order valence-corrected chi connectivity index (χ0v) is 23.7. The number of phenols is 1. The van der Waals surface area contributed by atoms with E-state index in [0.29, 0.717) is 41.1 Å². The molecule has 3 unspecified atom stereocenters. The monoisotopic (exact) mass is 587 g/mol. The number of allylic oxidation sites excluding steroid dienone is 1. The lowest BCUT2D eigenvalue weighted by molar-refractivity contribution is -0.119. The van der Waals surface area contributed by atoms with E-state index in [9.17, 15) is 19.8 Å². The summed E-state index contributed by atoms with van der Waals surface area (Å²) in [6, 6.07) is 21.5. The first kappa shape index (κ1) is 27.5. The van der Waals surface area contributed by atoms with E-state index in [0.717, 1.165) is 11.4 Å². The number of phenolic OH excluding ortho intramolecular Hbond substituents is 1. The van der Waals surface area contributed by atoms with Crippen LogP contribution >= 0.6 is 0 Å². The normalized spacial score (nSPS) is 21.2. The molecule has 2 aliphatic heterocycles. The van der Waals surface area contributed by atoms with Crippen LogP contribution in [0.4, 0.5) is 0 Å². The minimum Gasteiger partial charge on any atom is -0.508 e. The third kappa shape index (κ3) is 5.01. The van der Waals surface area contributed by atoms with Crippen LogP contribution in [0.3, 0.4) is 0 Å². The average Bonchev–Trinajstić information content (AvgIpc) is 3.29. The van der Waals surface area contributed by atoms with Gasteiger partial charge in [0.1, 0.15) is 23.4 Å². The molecular weight excluding hydrogens is 558 g/mol. The van der Waals surface area contributed by atoms with Crippen molar-refractivity contribution in [2.45, 2.75) is 31.2 Å². The van der Waals surface area contributed by atoms with Gasteiger partial charge in [-0.25, -0.2) is 4.79 Å². The van der Waals surface area contributed by atoms with E-state index in [-0.39, 0.29) is 30.3 Å². The highest BCUT2D eigenvalue weighted by Gasteiger charge is 2.58. The number of aliphatic hydroxyl groups is 1. The first-order valence-corrected chi connectivity index (χ1v) is 14.4. The number of Topliss-reactive ketones (excluding diaryl/α,β-unsaturated/α-hetero) is 1. The van der Waals surface area contributed by atoms with Gasteiger partial charge in [0.2, 0.25) is 0 Å². The summed E-state index contributed by atoms with van der Waals surface area (Å²) in [5, 5.41) is 20.3. The van der Waals surface area contributed by atoms with Gasteiger partial charge in [-0.2, -0.15) is 0 Å². The van der Waals surface area contributed by atoms with Crippen molar-refractivity contribution in [1.82, 2.24) is 14.9 Å². The van der Waals surface area contributed by atoms with Crippen LogP contribution in [0, 0.1) is 5.92 Å². The van der Waals surface area contributed by atoms with Gasteiger partial charge in [0.05, 0.1) is 29.4 Å². The van der Waals surface area contributed by atoms with Crippen LogP contribution in [0.2, 0.25) is 0 Å². The van der Waals surface area contributed by atoms with Crippen LogP contribution in [0.15, 0.2) is 109 Å². The lowest BCUT2D eigenvalue weighted by Gasteiger charge is -2.44. The van der Waals surface area contributed by atoms with Crippen LogP contribution in [0.5, 0.6) is 11.5 Å². The van der Waals surface area contributed by atoms with Crippen molar-refractivity contribution in [3.8, 4) is 11.5 Å². The number of carbonyl (C=O) groups is 2. The molecule has 4 heterocycles. The number of nitrogens with zero attached hydrogens (tertiary/aromatic N) is 3. The molecule has 44 heavy (non-hydrogen) atoms. The Kier molecular flexibility index (Phi) is 6.94. The van der Waals surface area contributed by atoms with E-state index in [1.807, 2.05) is 53.4 Å². The van der Waals surface area contributed by atoms with Gasteiger partial charge in [0.15, 0.2) is 11.4 Å². The maximum atomic E-state index is 13.5. The fourth-order valence-corrected chi connectivity index (χ4v) is 6.40. The van der Waals surface area contributed by atoms with Crippen molar-refractivity contribution in [2.75, 3.05) is 6.54 Å². The van der Waals surface area contributed by atoms with E-state index in [2.05, 4.69) is 9.97 Å². The lowest BCUT2D eigenvalue weighted by atomic mass is 9.70. The molecule has 9 heteroatoms. The summed E-state index contributed by atoms with van der Waals surface area (Å²) in [5.41, 5.74) is 2.80. The van der Waals surface area contributed by atoms with E-state index >= 15 is 0 Å². The number of ether oxygens (including phenoxy) is 2. The van der Waals surface area contributed by atoms with Crippen molar-refractivity contribution < 1.29 is 29.3 Å². The maximum absolute atomic E-state index is 13.5. The Morgan fingerprint density at radius 1 is 0.909 bits per heavy atom. The molecular formula is C35H29N3O6. The number of aromatic nitrogens is 2. The lowest BCUT2D eigenvalue weighted by Crippen LogP contribution is -2.48. The fraction of sp³-hybridized carbons (Fsp3) is 0.200. The molecule has 7 rings (SSSR count). The number of ketones is 1. The van der Waals surface area contributed by atoms with Crippen LogP contribution < -0.4 is 4.74 Å². The van der Waals surface area contributed by atoms with Crippen molar-refractivity contribution in [2.24, 2.45) is 5.92 Å². The second-order valence-electron chi connectivity index (χ2n) is 11.2. The summed E-state index contributed by atoms with van der Waals surface area (Å²) < 4.78 is 12.3. The van der Waals surface area contributed by atoms with E-state index in [4.69, 9.17) is 9.47 Å². The quantitative estimate of drug-likeness (QED) is 0.280. The Hall–Kier alpha value is -5.28. The summed E-state index contributed by atoms with van der Waals surface area (Å²) in [7, 11) is 0. The molecule has 2 aromatic heterocycles. The Morgan fingerprint density at radius 2 is 1.64 bits per heavy atom. The number of aliphatic hydroxyl groups excluding tert-OH is 1. The summed E-state index contributed by atoms with van der Waals surface area (Å²) in [6.45, 7) is 1.15. The molecule has 0 saturated heterocycles. The molecule has 0 bridgehead atoms. The highest BCUT2D eigenvalue weighted by Crippen LogP contribution is 2.56. The third-order valence-electron chi connectivity index (χ3n) is 8.24. The second-order valence-corrected chi connectivity index (χ2v) is 11.2. The number of fused-ring (bicyclic) bond motifs is 6. The van der Waals surface area contributed by atoms with Gasteiger partial charge in [-0.1, -0.05) is 30.3 Å². The predicted molar refractivity (Wildman–Crippen MR) is 160 cm³/mol. The van der Waals surface area contributed by atoms with Crippen LogP contribution in [0.1, 0.15) is 38.4 Å². The van der Waals surface area contributed by atoms with Crippen LogP contribution in [0.25, 0.3) is 0 Å². The van der Waals surface area contributed by atoms with Gasteiger partial charge in [-0.15, -0.1) is 0 Å². The molecule has 0 fully saturated rings. The number of hydrogen-bond donors (Lipinski definition) is 2. The first-order chi connectivity index (χ1) is 21.4. The van der Waals surface area contributed by atoms with Crippen molar-refractivity contribution in [3.05, 3.63) is 143 Å². The Balaban J connectivity index is 1.17. The Bertz CT molecular complexity index is 1760. The molecule has 0 saturated carbocycles. The molecule has 3 aliphatic rings. The van der Waals surface area contributed by atoms with Gasteiger partial charge in [-0.3, -0.25) is 19.7 Å². The zero-order chi connectivity index (χ0) is 30.3. The number of esters is 1. The van der Waals surface area contributed by atoms with Crippen molar-refractivity contribution >= 4 is 11.8 Å². The van der Waals surface area contributed by atoms with E-state index < -0.39 is 23.6 Å². The fourth-order valence-electron chi connectivity index (χ4n) is 6.40. The minimum atomic E-state index is -1.23. The summed E-state index contributed by atoms with van der Waals surface area (Å²) in [6.07, 6.45) is 7.89. The number of hydrogen-bond acceptors (Lipinski definition) is 9. The van der Waals surface area contributed by atoms with E-state index in [1.54, 1.807) is 42.8 Å². The molecule has 2 aromatic carbocycles. The van der Waals surface area contributed by atoms with Gasteiger partial charge >= 0.3 is 5.97 Å². The molecule has 220 valence electrons. The van der Waals surface area contributed by atoms with E-state index in [1.165, 1.54) is 12.1 Å². The molecule has 4 aromatic rings. The molecule has 3 atom stereocenters. The Labute approximate surface area is 253 Å². The molecule has 2 N–H and O–H groups in total. The number of pyridine rings is 2. The molecule has 9 nitrogen and oxygen atoms in total. The average molecular weight is 588 g/mol. The molecule has 1 spiro atoms. The van der Waals surface area contributed by atoms with Gasteiger partial charge < -0.3 is 19.7 Å². The Morgan fingerprint density at radius 3 is 2.34 bits per heavy atom.